The summed E-state index contributed by atoms with van der Waals surface area (Å²) in [6, 6.07) is 7.78. The molecule has 0 heterocycles. The summed E-state index contributed by atoms with van der Waals surface area (Å²) in [6.45, 7) is 0. The average Bonchev–Trinajstić information content (AvgIpc) is 3.05. The van der Waals surface area contributed by atoms with Crippen molar-refractivity contribution >= 4 is 27.6 Å². The number of ether oxygens (including phenoxy) is 2. The van der Waals surface area contributed by atoms with Crippen LogP contribution in [0.1, 0.15) is 19.3 Å². The van der Waals surface area contributed by atoms with Crippen LogP contribution in [-0.4, -0.2) is 45.6 Å². The van der Waals surface area contributed by atoms with Crippen LogP contribution >= 0.6 is 0 Å². The van der Waals surface area contributed by atoms with Gasteiger partial charge in [-0.2, -0.15) is 0 Å². The third-order valence-corrected chi connectivity index (χ3v) is 7.46. The molecule has 0 aromatic heterocycles. The largest absolute Gasteiger partial charge is 0.468 e. The predicted molar refractivity (Wildman–Crippen MR) is 94.3 cm³/mol. The van der Waals surface area contributed by atoms with Crippen LogP contribution in [0.2, 0.25) is 0 Å². The SMILES string of the molecule is COC(=O)C1(C(=O)OC)C[C@H]2CC(=O)C=C2[C@H](S(=O)(=O)c2ccccc2)C1. The summed E-state index contributed by atoms with van der Waals surface area (Å²) in [5.41, 5.74) is -1.31. The normalized spacial score (nSPS) is 23.9. The van der Waals surface area contributed by atoms with E-state index < -0.39 is 38.4 Å². The Morgan fingerprint density at radius 1 is 1.04 bits per heavy atom. The number of ketones is 1. The molecule has 8 heteroatoms. The summed E-state index contributed by atoms with van der Waals surface area (Å²) in [5.74, 6) is -2.43. The van der Waals surface area contributed by atoms with E-state index in [0.717, 1.165) is 14.2 Å². The van der Waals surface area contributed by atoms with E-state index in [1.165, 1.54) is 18.2 Å². The minimum absolute atomic E-state index is 0.00920. The van der Waals surface area contributed by atoms with Crippen LogP contribution in [0.15, 0.2) is 46.9 Å². The molecule has 1 aromatic rings. The van der Waals surface area contributed by atoms with Crippen molar-refractivity contribution in [2.24, 2.45) is 11.3 Å². The number of sulfone groups is 1. The van der Waals surface area contributed by atoms with Gasteiger partial charge in [-0.05, 0) is 42.5 Å². The molecular formula is C19H20O7S. The smallest absolute Gasteiger partial charge is 0.323 e. The Hall–Kier alpha value is -2.48. The van der Waals surface area contributed by atoms with Crippen molar-refractivity contribution in [2.45, 2.75) is 29.4 Å². The molecule has 27 heavy (non-hydrogen) atoms. The van der Waals surface area contributed by atoms with Gasteiger partial charge in [0.05, 0.1) is 24.4 Å². The second kappa shape index (κ2) is 6.92. The van der Waals surface area contributed by atoms with Gasteiger partial charge < -0.3 is 9.47 Å². The second-order valence-corrected chi connectivity index (χ2v) is 8.96. The van der Waals surface area contributed by atoms with Crippen LogP contribution in [0.4, 0.5) is 0 Å². The summed E-state index contributed by atoms with van der Waals surface area (Å²) in [4.78, 5) is 37.2. The Labute approximate surface area is 157 Å². The van der Waals surface area contributed by atoms with E-state index in [0.29, 0.717) is 5.57 Å². The van der Waals surface area contributed by atoms with Crippen LogP contribution < -0.4 is 0 Å². The van der Waals surface area contributed by atoms with Gasteiger partial charge in [0, 0.05) is 6.42 Å². The molecule has 0 saturated heterocycles. The van der Waals surface area contributed by atoms with Gasteiger partial charge in [0.1, 0.15) is 0 Å². The number of carbonyl (C=O) groups is 3. The van der Waals surface area contributed by atoms with E-state index in [1.807, 2.05) is 0 Å². The van der Waals surface area contributed by atoms with Crippen LogP contribution in [0.3, 0.4) is 0 Å². The average molecular weight is 392 g/mol. The first kappa shape index (κ1) is 19.3. The molecule has 1 saturated carbocycles. The van der Waals surface area contributed by atoms with Crippen LogP contribution in [0.5, 0.6) is 0 Å². The Balaban J connectivity index is 2.15. The van der Waals surface area contributed by atoms with E-state index in [9.17, 15) is 22.8 Å². The van der Waals surface area contributed by atoms with Gasteiger partial charge in [-0.3, -0.25) is 14.4 Å². The lowest BCUT2D eigenvalue weighted by molar-refractivity contribution is -0.172. The maximum Gasteiger partial charge on any atom is 0.323 e. The standard InChI is InChI=1S/C19H20O7S/c1-25-17(21)19(18(22)26-2)10-12-8-13(20)9-15(12)16(11-19)27(23,24)14-6-4-3-5-7-14/h3-7,9,12,16H,8,10-11H2,1-2H3/t12-,16-/m1/s1. The molecule has 0 radical (unpaired) electrons. The third kappa shape index (κ3) is 3.07. The number of hydrogen-bond acceptors (Lipinski definition) is 7. The molecule has 144 valence electrons. The third-order valence-electron chi connectivity index (χ3n) is 5.35. The van der Waals surface area contributed by atoms with Crippen molar-refractivity contribution in [3.63, 3.8) is 0 Å². The molecule has 2 aliphatic carbocycles. The number of esters is 2. The zero-order valence-electron chi connectivity index (χ0n) is 15.0. The molecular weight excluding hydrogens is 372 g/mol. The highest BCUT2D eigenvalue weighted by Gasteiger charge is 2.59. The highest BCUT2D eigenvalue weighted by Crippen LogP contribution is 2.50. The number of hydrogen-bond donors (Lipinski definition) is 0. The molecule has 0 unspecified atom stereocenters. The fourth-order valence-corrected chi connectivity index (χ4v) is 6.07. The fraction of sp³-hybridized carbons (Fsp3) is 0.421. The van der Waals surface area contributed by atoms with Crippen molar-refractivity contribution in [2.75, 3.05) is 14.2 Å². The first-order valence-electron chi connectivity index (χ1n) is 8.46. The highest BCUT2D eigenvalue weighted by atomic mass is 32.2. The van der Waals surface area contributed by atoms with Crippen molar-refractivity contribution in [3.05, 3.63) is 42.0 Å². The number of rotatable bonds is 4. The maximum absolute atomic E-state index is 13.3. The quantitative estimate of drug-likeness (QED) is 0.564. The van der Waals surface area contributed by atoms with Gasteiger partial charge in [0.2, 0.25) is 0 Å². The Kier molecular flexibility index (Phi) is 4.94. The lowest BCUT2D eigenvalue weighted by Gasteiger charge is -2.40. The van der Waals surface area contributed by atoms with Gasteiger partial charge in [-0.15, -0.1) is 0 Å². The minimum Gasteiger partial charge on any atom is -0.468 e. The van der Waals surface area contributed by atoms with Gasteiger partial charge in [-0.25, -0.2) is 8.42 Å². The number of fused-ring (bicyclic) bond motifs is 1. The van der Waals surface area contributed by atoms with Gasteiger partial charge >= 0.3 is 11.9 Å². The Morgan fingerprint density at radius 3 is 2.19 bits per heavy atom. The molecule has 1 fully saturated rings. The number of benzene rings is 1. The molecule has 0 spiro atoms. The molecule has 2 atom stereocenters. The van der Waals surface area contributed by atoms with E-state index >= 15 is 0 Å². The zero-order chi connectivity index (χ0) is 19.8. The van der Waals surface area contributed by atoms with Crippen molar-refractivity contribution in [3.8, 4) is 0 Å². The molecule has 0 bridgehead atoms. The van der Waals surface area contributed by atoms with E-state index in [-0.39, 0.29) is 29.9 Å². The summed E-state index contributed by atoms with van der Waals surface area (Å²) in [7, 11) is -1.65. The van der Waals surface area contributed by atoms with Crippen molar-refractivity contribution in [1.82, 2.24) is 0 Å². The van der Waals surface area contributed by atoms with Crippen LogP contribution in [0.25, 0.3) is 0 Å². The molecule has 1 aromatic carbocycles. The van der Waals surface area contributed by atoms with Gasteiger partial charge in [0.25, 0.3) is 0 Å². The zero-order valence-corrected chi connectivity index (χ0v) is 15.8. The molecule has 3 rings (SSSR count). The summed E-state index contributed by atoms with van der Waals surface area (Å²) in [6.07, 6.45) is 1.07. The summed E-state index contributed by atoms with van der Waals surface area (Å²) >= 11 is 0. The van der Waals surface area contributed by atoms with Gasteiger partial charge in [-0.1, -0.05) is 18.2 Å². The lowest BCUT2D eigenvalue weighted by atomic mass is 9.67. The molecule has 0 amide bonds. The minimum atomic E-state index is -3.93. The monoisotopic (exact) mass is 392 g/mol. The van der Waals surface area contributed by atoms with E-state index in [1.54, 1.807) is 18.2 Å². The fourth-order valence-electron chi connectivity index (χ4n) is 4.08. The Bertz CT molecular complexity index is 899. The van der Waals surface area contributed by atoms with Gasteiger partial charge in [0.15, 0.2) is 21.0 Å². The first-order chi connectivity index (χ1) is 12.8. The molecule has 7 nitrogen and oxygen atoms in total. The number of allylic oxidation sites excluding steroid dienone is 1. The highest BCUT2D eigenvalue weighted by molar-refractivity contribution is 7.92. The number of carbonyl (C=O) groups excluding carboxylic acids is 3. The van der Waals surface area contributed by atoms with E-state index in [2.05, 4.69) is 0 Å². The lowest BCUT2D eigenvalue weighted by Crippen LogP contribution is -2.50. The molecule has 0 N–H and O–H groups in total. The Morgan fingerprint density at radius 2 is 1.63 bits per heavy atom. The van der Waals surface area contributed by atoms with Crippen molar-refractivity contribution < 1.29 is 32.3 Å². The van der Waals surface area contributed by atoms with E-state index in [4.69, 9.17) is 9.47 Å². The van der Waals surface area contributed by atoms with Crippen LogP contribution in [-0.2, 0) is 33.7 Å². The summed E-state index contributed by atoms with van der Waals surface area (Å²) < 4.78 is 36.2. The van der Waals surface area contributed by atoms with Crippen LogP contribution in [0, 0.1) is 11.3 Å². The summed E-state index contributed by atoms with van der Waals surface area (Å²) in [5, 5.41) is -1.18. The molecule has 0 aliphatic heterocycles. The second-order valence-electron chi connectivity index (χ2n) is 6.83. The molecule has 2 aliphatic rings. The predicted octanol–water partition coefficient (Wildman–Crippen LogP) is 1.47. The van der Waals surface area contributed by atoms with Crippen molar-refractivity contribution in [1.29, 1.82) is 0 Å². The topological polar surface area (TPSA) is 104 Å². The first-order valence-corrected chi connectivity index (χ1v) is 10.0. The number of methoxy groups -OCH3 is 2. The maximum atomic E-state index is 13.3.